The molecule has 0 aliphatic carbocycles. The third kappa shape index (κ3) is 3.11. The van der Waals surface area contributed by atoms with Crippen LogP contribution in [-0.4, -0.2) is 20.3 Å². The average molecular weight is 482 g/mol. The molecule has 8 heteroatoms. The van der Waals surface area contributed by atoms with Gasteiger partial charge in [-0.05, 0) is 44.5 Å². The predicted octanol–water partition coefficient (Wildman–Crippen LogP) is 4.66. The molecule has 1 aliphatic heterocycles. The van der Waals surface area contributed by atoms with Crippen LogP contribution in [0.2, 0.25) is 5.02 Å². The van der Waals surface area contributed by atoms with E-state index < -0.39 is 28.7 Å². The van der Waals surface area contributed by atoms with E-state index in [0.29, 0.717) is 22.3 Å². The van der Waals surface area contributed by atoms with Crippen LogP contribution in [0.1, 0.15) is 36.8 Å². The molecule has 0 spiro atoms. The first-order valence-corrected chi connectivity index (χ1v) is 11.4. The summed E-state index contributed by atoms with van der Waals surface area (Å²) in [7, 11) is 3.08. The smallest absolute Gasteiger partial charge is 0.331 e. The molecule has 0 N–H and O–H groups in total. The molecule has 176 valence electrons. The van der Waals surface area contributed by atoms with Crippen molar-refractivity contribution in [3.8, 4) is 11.3 Å². The van der Waals surface area contributed by atoms with Gasteiger partial charge in [0.2, 0.25) is 0 Å². The Morgan fingerprint density at radius 1 is 1.09 bits per heavy atom. The van der Waals surface area contributed by atoms with Crippen LogP contribution in [0.4, 0.5) is 4.39 Å². The normalized spacial score (nSPS) is 17.2. The molecule has 0 fully saturated rings. The largest absolute Gasteiger partial charge is 0.365 e. The van der Waals surface area contributed by atoms with E-state index in [1.165, 1.54) is 23.7 Å². The van der Waals surface area contributed by atoms with Gasteiger partial charge in [0.1, 0.15) is 11.9 Å². The first kappa shape index (κ1) is 22.6. The SMILES string of the molecule is Cc1cccc(-c2c3c(=O)n(C)c(=O)n(C)c3c3n2C(C)(C)CO[C@H]3c2c(F)cccc2Cl)c1. The lowest BCUT2D eigenvalue weighted by Crippen LogP contribution is -2.40. The van der Waals surface area contributed by atoms with E-state index in [0.717, 1.165) is 15.7 Å². The van der Waals surface area contributed by atoms with Gasteiger partial charge in [-0.1, -0.05) is 41.4 Å². The van der Waals surface area contributed by atoms with E-state index in [-0.39, 0.29) is 17.2 Å². The average Bonchev–Trinajstić information content (AvgIpc) is 3.15. The van der Waals surface area contributed by atoms with Crippen molar-refractivity contribution in [2.45, 2.75) is 32.4 Å². The molecule has 2 aromatic carbocycles. The molecule has 0 unspecified atom stereocenters. The summed E-state index contributed by atoms with van der Waals surface area (Å²) in [4.78, 5) is 26.6. The predicted molar refractivity (Wildman–Crippen MR) is 131 cm³/mol. The van der Waals surface area contributed by atoms with E-state index in [9.17, 15) is 9.59 Å². The second-order valence-electron chi connectivity index (χ2n) is 9.51. The number of aromatic nitrogens is 3. The third-order valence-corrected chi connectivity index (χ3v) is 6.95. The fourth-order valence-electron chi connectivity index (χ4n) is 5.04. The van der Waals surface area contributed by atoms with Gasteiger partial charge in [0.15, 0.2) is 0 Å². The summed E-state index contributed by atoms with van der Waals surface area (Å²) in [5, 5.41) is 0.609. The van der Waals surface area contributed by atoms with E-state index in [1.807, 2.05) is 49.6 Å². The van der Waals surface area contributed by atoms with Crippen LogP contribution in [0, 0.1) is 12.7 Å². The minimum Gasteiger partial charge on any atom is -0.365 e. The first-order chi connectivity index (χ1) is 16.0. The highest BCUT2D eigenvalue weighted by molar-refractivity contribution is 6.31. The van der Waals surface area contributed by atoms with Gasteiger partial charge in [0, 0.05) is 24.7 Å². The zero-order chi connectivity index (χ0) is 24.5. The van der Waals surface area contributed by atoms with Crippen molar-refractivity contribution in [1.29, 1.82) is 0 Å². The summed E-state index contributed by atoms with van der Waals surface area (Å²) in [5.41, 5.74) is 2.20. The van der Waals surface area contributed by atoms with E-state index >= 15 is 4.39 Å². The van der Waals surface area contributed by atoms with Gasteiger partial charge in [-0.3, -0.25) is 13.9 Å². The number of nitrogens with zero attached hydrogens (tertiary/aromatic N) is 3. The van der Waals surface area contributed by atoms with Crippen molar-refractivity contribution >= 4 is 22.5 Å². The van der Waals surface area contributed by atoms with Gasteiger partial charge in [0.05, 0.1) is 34.4 Å². The molecule has 0 saturated carbocycles. The Bertz CT molecular complexity index is 1580. The quantitative estimate of drug-likeness (QED) is 0.418. The van der Waals surface area contributed by atoms with E-state index in [2.05, 4.69) is 0 Å². The van der Waals surface area contributed by atoms with Crippen molar-refractivity contribution < 1.29 is 9.13 Å². The second kappa shape index (κ2) is 7.68. The fraction of sp³-hybridized carbons (Fsp3) is 0.308. The van der Waals surface area contributed by atoms with Gasteiger partial charge < -0.3 is 9.30 Å². The number of ether oxygens (including phenoxy) is 1. The van der Waals surface area contributed by atoms with E-state index in [1.54, 1.807) is 13.1 Å². The number of fused-ring (bicyclic) bond motifs is 3. The Labute approximate surface area is 200 Å². The fourth-order valence-corrected chi connectivity index (χ4v) is 5.31. The van der Waals surface area contributed by atoms with Crippen LogP contribution in [0.25, 0.3) is 22.2 Å². The molecule has 4 aromatic rings. The van der Waals surface area contributed by atoms with Crippen LogP contribution < -0.4 is 11.2 Å². The van der Waals surface area contributed by atoms with Gasteiger partial charge in [-0.2, -0.15) is 0 Å². The Balaban J connectivity index is 2.05. The third-order valence-electron chi connectivity index (χ3n) is 6.62. The highest BCUT2D eigenvalue weighted by Gasteiger charge is 2.42. The molecule has 34 heavy (non-hydrogen) atoms. The minimum absolute atomic E-state index is 0.184. The molecule has 0 bridgehead atoms. The lowest BCUT2D eigenvalue weighted by Gasteiger charge is -2.39. The lowest BCUT2D eigenvalue weighted by molar-refractivity contribution is -0.00851. The van der Waals surface area contributed by atoms with Crippen molar-refractivity contribution in [2.75, 3.05) is 6.61 Å². The minimum atomic E-state index is -0.902. The maximum absolute atomic E-state index is 15.1. The molecule has 3 heterocycles. The van der Waals surface area contributed by atoms with Crippen LogP contribution in [0.3, 0.4) is 0 Å². The summed E-state index contributed by atoms with van der Waals surface area (Å²) >= 11 is 6.46. The van der Waals surface area contributed by atoms with Crippen LogP contribution >= 0.6 is 11.6 Å². The summed E-state index contributed by atoms with van der Waals surface area (Å²) < 4.78 is 25.9. The summed E-state index contributed by atoms with van der Waals surface area (Å²) in [6.45, 7) is 6.23. The number of benzene rings is 2. The number of aryl methyl sites for hydroxylation is 2. The Hall–Kier alpha value is -3.16. The van der Waals surface area contributed by atoms with Crippen molar-refractivity contribution in [3.05, 3.63) is 91.0 Å². The summed E-state index contributed by atoms with van der Waals surface area (Å²) in [6, 6.07) is 12.3. The topological polar surface area (TPSA) is 58.2 Å². The molecule has 1 atom stereocenters. The maximum Gasteiger partial charge on any atom is 0.331 e. The lowest BCUT2D eigenvalue weighted by atomic mass is 9.97. The summed E-state index contributed by atoms with van der Waals surface area (Å²) in [5.74, 6) is -0.510. The zero-order valence-electron chi connectivity index (χ0n) is 19.6. The monoisotopic (exact) mass is 481 g/mol. The van der Waals surface area contributed by atoms with Crippen LogP contribution in [0.15, 0.2) is 52.1 Å². The molecule has 0 saturated heterocycles. The van der Waals surface area contributed by atoms with Gasteiger partial charge in [-0.15, -0.1) is 0 Å². The highest BCUT2D eigenvalue weighted by Crippen LogP contribution is 2.47. The molecule has 0 radical (unpaired) electrons. The maximum atomic E-state index is 15.1. The molecule has 5 rings (SSSR count). The Morgan fingerprint density at radius 2 is 1.79 bits per heavy atom. The number of halogens is 2. The number of rotatable bonds is 2. The molecule has 1 aliphatic rings. The number of hydrogen-bond acceptors (Lipinski definition) is 3. The Kier molecular flexibility index (Phi) is 5.11. The van der Waals surface area contributed by atoms with Gasteiger partial charge >= 0.3 is 5.69 Å². The highest BCUT2D eigenvalue weighted by atomic mass is 35.5. The molecular formula is C26H25ClFN3O3. The Morgan fingerprint density at radius 3 is 2.47 bits per heavy atom. The molecular weight excluding hydrogens is 457 g/mol. The van der Waals surface area contributed by atoms with Crippen molar-refractivity contribution in [1.82, 2.24) is 13.7 Å². The first-order valence-electron chi connectivity index (χ1n) is 11.0. The van der Waals surface area contributed by atoms with E-state index in [4.69, 9.17) is 16.3 Å². The molecule has 6 nitrogen and oxygen atoms in total. The van der Waals surface area contributed by atoms with Crippen LogP contribution in [0.5, 0.6) is 0 Å². The standard InChI is InChI=1S/C26H25ClFN3O3/c1-14-8-6-9-15(12-14)20-19-21(29(4)25(33)30(5)24(19)32)22-23(34-13-26(2,3)31(20)22)18-16(27)10-7-11-17(18)28/h6-12,23H,13H2,1-5H3/t23-/m0/s1. The van der Waals surface area contributed by atoms with Crippen molar-refractivity contribution in [2.24, 2.45) is 14.1 Å². The zero-order valence-corrected chi connectivity index (χ0v) is 20.4. The number of hydrogen-bond donors (Lipinski definition) is 0. The van der Waals surface area contributed by atoms with Gasteiger partial charge in [-0.25, -0.2) is 9.18 Å². The molecule has 0 amide bonds. The van der Waals surface area contributed by atoms with Gasteiger partial charge in [0.25, 0.3) is 5.56 Å². The summed E-state index contributed by atoms with van der Waals surface area (Å²) in [6.07, 6.45) is -0.902. The molecule has 2 aromatic heterocycles. The van der Waals surface area contributed by atoms with Crippen LogP contribution in [-0.2, 0) is 24.4 Å². The second-order valence-corrected chi connectivity index (χ2v) is 9.91. The van der Waals surface area contributed by atoms with Crippen molar-refractivity contribution in [3.63, 3.8) is 0 Å².